The molecule has 0 heterocycles. The molecule has 0 radical (unpaired) electrons. The minimum Gasteiger partial charge on any atom is -0.463 e. The Labute approximate surface area is 39.1 Å². The highest BCUT2D eigenvalue weighted by Gasteiger charge is 1.81. The molecule has 36 valence electrons. The lowest BCUT2D eigenvalue weighted by atomic mass is 10.9. The van der Waals surface area contributed by atoms with Crippen LogP contribution in [0.1, 0.15) is 6.92 Å². The van der Waals surface area contributed by atoms with Crippen LogP contribution >= 0.6 is 9.24 Å². The van der Waals surface area contributed by atoms with E-state index in [0.717, 1.165) is 0 Å². The fraction of sp³-hybridized carbons (Fsp3) is 0.667. The van der Waals surface area contributed by atoms with Crippen molar-refractivity contribution in [2.75, 3.05) is 6.61 Å². The molecule has 0 bridgehead atoms. The fourth-order valence-corrected chi connectivity index (χ4v) is 0.309. The quantitative estimate of drug-likeness (QED) is 0.466. The van der Waals surface area contributed by atoms with Crippen LogP contribution in [0.5, 0.6) is 0 Å². The topological polar surface area (TPSA) is 26.3 Å². The lowest BCUT2D eigenvalue weighted by Crippen LogP contribution is -1.88. The average molecular weight is 106 g/mol. The molecule has 1 unspecified atom stereocenters. The number of rotatable bonds is 1. The van der Waals surface area contributed by atoms with Gasteiger partial charge in [0.25, 0.3) is 0 Å². The summed E-state index contributed by atoms with van der Waals surface area (Å²) in [6.45, 7) is 2.23. The smallest absolute Gasteiger partial charge is 0.319 e. The summed E-state index contributed by atoms with van der Waals surface area (Å²) in [5.74, 6) is 0. The first-order valence-corrected chi connectivity index (χ1v) is 2.27. The fourth-order valence-electron chi connectivity index (χ4n) is 0.142. The summed E-state index contributed by atoms with van der Waals surface area (Å²) in [6.07, 6.45) is 0. The molecular weight excluding hydrogens is 99.0 g/mol. The van der Waals surface area contributed by atoms with Gasteiger partial charge in [0.05, 0.1) is 6.61 Å². The van der Waals surface area contributed by atoms with Crippen molar-refractivity contribution < 1.29 is 9.53 Å². The zero-order valence-corrected chi connectivity index (χ0v) is 4.76. The Morgan fingerprint density at radius 3 is 2.50 bits per heavy atom. The second kappa shape index (κ2) is 3.10. The molecule has 0 aliphatic carbocycles. The van der Waals surface area contributed by atoms with Crippen molar-refractivity contribution in [2.45, 2.75) is 6.92 Å². The molecule has 0 aromatic heterocycles. The SMILES string of the molecule is CCOC(=O)P. The summed E-state index contributed by atoms with van der Waals surface area (Å²) in [7, 11) is 1.92. The van der Waals surface area contributed by atoms with E-state index in [9.17, 15) is 4.79 Å². The number of carbonyl (C=O) groups is 1. The molecule has 0 spiro atoms. The Morgan fingerprint density at radius 2 is 2.50 bits per heavy atom. The maximum Gasteiger partial charge on any atom is 0.319 e. The van der Waals surface area contributed by atoms with Gasteiger partial charge in [-0.3, -0.25) is 0 Å². The summed E-state index contributed by atoms with van der Waals surface area (Å²) in [6, 6.07) is 0. The molecule has 1 atom stereocenters. The third-order valence-corrected chi connectivity index (χ3v) is 0.453. The Balaban J connectivity index is 2.83. The van der Waals surface area contributed by atoms with Gasteiger partial charge in [0.1, 0.15) is 0 Å². The van der Waals surface area contributed by atoms with Gasteiger partial charge < -0.3 is 4.74 Å². The molecule has 3 heteroatoms. The standard InChI is InChI=1S/C3H7O2P/c1-2-5-3(4)6/h2,6H2,1H3. The van der Waals surface area contributed by atoms with Crippen molar-refractivity contribution in [3.05, 3.63) is 0 Å². The van der Waals surface area contributed by atoms with Crippen molar-refractivity contribution >= 4 is 15.0 Å². The van der Waals surface area contributed by atoms with Crippen molar-refractivity contribution in [1.29, 1.82) is 0 Å². The molecule has 0 saturated carbocycles. The third kappa shape index (κ3) is 3.90. The summed E-state index contributed by atoms with van der Waals surface area (Å²) in [5.41, 5.74) is -0.294. The number of hydrogen-bond donors (Lipinski definition) is 0. The van der Waals surface area contributed by atoms with Crippen molar-refractivity contribution in [3.63, 3.8) is 0 Å². The van der Waals surface area contributed by atoms with Gasteiger partial charge in [-0.1, -0.05) is 0 Å². The predicted molar refractivity (Wildman–Crippen MR) is 26.7 cm³/mol. The zero-order chi connectivity index (χ0) is 4.99. The van der Waals surface area contributed by atoms with Gasteiger partial charge in [-0.05, 0) is 16.2 Å². The highest BCUT2D eigenvalue weighted by atomic mass is 31.0. The van der Waals surface area contributed by atoms with Gasteiger partial charge in [0.15, 0.2) is 0 Å². The predicted octanol–water partition coefficient (Wildman–Crippen LogP) is 1.02. The van der Waals surface area contributed by atoms with E-state index in [2.05, 4.69) is 4.74 Å². The van der Waals surface area contributed by atoms with Crippen LogP contribution in [-0.4, -0.2) is 12.3 Å². The number of hydrogen-bond acceptors (Lipinski definition) is 2. The van der Waals surface area contributed by atoms with Gasteiger partial charge >= 0.3 is 5.71 Å². The molecular formula is C3H7O2P. The molecule has 0 aromatic rings. The minimum absolute atomic E-state index is 0.294. The second-order valence-corrected chi connectivity index (χ2v) is 1.22. The molecule has 0 fully saturated rings. The Kier molecular flexibility index (Phi) is 3.05. The molecule has 0 N–H and O–H groups in total. The molecule has 2 nitrogen and oxygen atoms in total. The summed E-state index contributed by atoms with van der Waals surface area (Å²) >= 11 is 0. The molecule has 0 aliphatic heterocycles. The van der Waals surface area contributed by atoms with Crippen LogP contribution in [-0.2, 0) is 4.74 Å². The zero-order valence-electron chi connectivity index (χ0n) is 3.60. The van der Waals surface area contributed by atoms with E-state index in [4.69, 9.17) is 0 Å². The van der Waals surface area contributed by atoms with E-state index in [-0.39, 0.29) is 5.71 Å². The second-order valence-electron chi connectivity index (χ2n) is 0.752. The largest absolute Gasteiger partial charge is 0.463 e. The number of carbonyl (C=O) groups excluding carboxylic acids is 1. The van der Waals surface area contributed by atoms with Crippen LogP contribution in [0.15, 0.2) is 0 Å². The minimum atomic E-state index is -0.294. The number of ether oxygens (including phenoxy) is 1. The van der Waals surface area contributed by atoms with E-state index < -0.39 is 0 Å². The summed E-state index contributed by atoms with van der Waals surface area (Å²) in [4.78, 5) is 9.78. The van der Waals surface area contributed by atoms with Gasteiger partial charge in [-0.2, -0.15) is 0 Å². The van der Waals surface area contributed by atoms with Gasteiger partial charge in [-0.15, -0.1) is 0 Å². The Bertz CT molecular complexity index is 52.8. The maximum atomic E-state index is 9.78. The van der Waals surface area contributed by atoms with Crippen LogP contribution in [0, 0.1) is 0 Å². The van der Waals surface area contributed by atoms with Crippen LogP contribution in [0.3, 0.4) is 0 Å². The first-order valence-electron chi connectivity index (χ1n) is 1.69. The Morgan fingerprint density at radius 1 is 2.00 bits per heavy atom. The van der Waals surface area contributed by atoms with E-state index >= 15 is 0 Å². The molecule has 0 amide bonds. The van der Waals surface area contributed by atoms with E-state index in [1.165, 1.54) is 0 Å². The van der Waals surface area contributed by atoms with Crippen molar-refractivity contribution in [3.8, 4) is 0 Å². The van der Waals surface area contributed by atoms with E-state index in [0.29, 0.717) is 6.61 Å². The normalized spacial score (nSPS) is 7.67. The summed E-state index contributed by atoms with van der Waals surface area (Å²) in [5, 5.41) is 0. The maximum absolute atomic E-state index is 9.78. The first kappa shape index (κ1) is 5.90. The van der Waals surface area contributed by atoms with Crippen LogP contribution in [0.2, 0.25) is 0 Å². The average Bonchev–Trinajstić information content (AvgIpc) is 1.35. The van der Waals surface area contributed by atoms with E-state index in [1.54, 1.807) is 6.92 Å². The first-order chi connectivity index (χ1) is 2.77. The highest BCUT2D eigenvalue weighted by Crippen LogP contribution is 1.87. The Hall–Kier alpha value is -0.100. The molecule has 0 saturated heterocycles. The highest BCUT2D eigenvalue weighted by molar-refractivity contribution is 7.39. The van der Waals surface area contributed by atoms with Crippen LogP contribution in [0.25, 0.3) is 0 Å². The van der Waals surface area contributed by atoms with Crippen molar-refractivity contribution in [2.24, 2.45) is 0 Å². The lowest BCUT2D eigenvalue weighted by Gasteiger charge is -1.89. The monoisotopic (exact) mass is 106 g/mol. The molecule has 0 rings (SSSR count). The summed E-state index contributed by atoms with van der Waals surface area (Å²) < 4.78 is 4.37. The third-order valence-electron chi connectivity index (χ3n) is 0.287. The molecule has 0 aliphatic rings. The van der Waals surface area contributed by atoms with Crippen LogP contribution in [0.4, 0.5) is 4.79 Å². The van der Waals surface area contributed by atoms with Gasteiger partial charge in [0.2, 0.25) is 0 Å². The van der Waals surface area contributed by atoms with E-state index in [1.807, 2.05) is 9.24 Å². The van der Waals surface area contributed by atoms with Crippen LogP contribution < -0.4 is 0 Å². The van der Waals surface area contributed by atoms with Gasteiger partial charge in [0, 0.05) is 0 Å². The lowest BCUT2D eigenvalue weighted by molar-refractivity contribution is 0.181. The van der Waals surface area contributed by atoms with Crippen molar-refractivity contribution in [1.82, 2.24) is 0 Å². The van der Waals surface area contributed by atoms with Gasteiger partial charge in [-0.25, -0.2) is 4.79 Å². The molecule has 0 aromatic carbocycles. The molecule has 6 heavy (non-hydrogen) atoms.